The van der Waals surface area contributed by atoms with Crippen molar-refractivity contribution in [3.8, 4) is 5.75 Å². The predicted octanol–water partition coefficient (Wildman–Crippen LogP) is 2.36. The molecule has 2 unspecified atom stereocenters. The summed E-state index contributed by atoms with van der Waals surface area (Å²) in [7, 11) is 0. The quantitative estimate of drug-likeness (QED) is 0.494. The first kappa shape index (κ1) is 22.2. The standard InChI is InChI=1S/C21H33FN4O2S/c1-3-23-20(24-14-17(2)28-19-7-5-4-6-18(19)22)25-15-21(8-13-29-16-21)26-9-11-27-12-10-26/h4-7,17H,3,8-16H2,1-2H3,(H2,23,24,25). The van der Waals surface area contributed by atoms with Crippen LogP contribution in [0, 0.1) is 5.82 Å². The Balaban J connectivity index is 1.57. The number of thioether (sulfide) groups is 1. The van der Waals surface area contributed by atoms with Gasteiger partial charge in [-0.25, -0.2) is 4.39 Å². The Labute approximate surface area is 177 Å². The van der Waals surface area contributed by atoms with Gasteiger partial charge >= 0.3 is 0 Å². The molecule has 6 nitrogen and oxygen atoms in total. The third-order valence-electron chi connectivity index (χ3n) is 5.36. The molecule has 0 aliphatic carbocycles. The van der Waals surface area contributed by atoms with Gasteiger partial charge in [0.1, 0.15) is 6.10 Å². The molecule has 2 heterocycles. The predicted molar refractivity (Wildman–Crippen MR) is 118 cm³/mol. The van der Waals surface area contributed by atoms with Gasteiger partial charge in [-0.2, -0.15) is 11.8 Å². The molecule has 0 aromatic heterocycles. The number of halogens is 1. The van der Waals surface area contributed by atoms with Gasteiger partial charge in [0.15, 0.2) is 17.5 Å². The normalized spacial score (nSPS) is 24.3. The fourth-order valence-electron chi connectivity index (χ4n) is 3.72. The van der Waals surface area contributed by atoms with E-state index in [1.54, 1.807) is 18.2 Å². The summed E-state index contributed by atoms with van der Waals surface area (Å²) in [6, 6.07) is 6.49. The van der Waals surface area contributed by atoms with Gasteiger partial charge < -0.3 is 20.1 Å². The molecule has 162 valence electrons. The molecule has 2 saturated heterocycles. The first-order valence-electron chi connectivity index (χ1n) is 10.5. The van der Waals surface area contributed by atoms with E-state index < -0.39 is 0 Å². The number of guanidine groups is 1. The minimum Gasteiger partial charge on any atom is -0.486 e. The second kappa shape index (κ2) is 11.0. The lowest BCUT2D eigenvalue weighted by molar-refractivity contribution is -0.0104. The highest BCUT2D eigenvalue weighted by atomic mass is 32.2. The van der Waals surface area contributed by atoms with Gasteiger partial charge in [-0.05, 0) is 38.2 Å². The van der Waals surface area contributed by atoms with Crippen LogP contribution in [-0.4, -0.2) is 79.9 Å². The summed E-state index contributed by atoms with van der Waals surface area (Å²) >= 11 is 2.01. The average molecular weight is 425 g/mol. The summed E-state index contributed by atoms with van der Waals surface area (Å²) in [5.74, 6) is 3.01. The molecule has 2 fully saturated rings. The fraction of sp³-hybridized carbons (Fsp3) is 0.667. The lowest BCUT2D eigenvalue weighted by Gasteiger charge is -2.42. The van der Waals surface area contributed by atoms with Crippen LogP contribution in [0.3, 0.4) is 0 Å². The molecule has 0 radical (unpaired) electrons. The molecule has 8 heteroatoms. The highest BCUT2D eigenvalue weighted by Crippen LogP contribution is 2.34. The van der Waals surface area contributed by atoms with Crippen molar-refractivity contribution in [2.24, 2.45) is 4.99 Å². The highest BCUT2D eigenvalue weighted by molar-refractivity contribution is 7.99. The van der Waals surface area contributed by atoms with E-state index in [0.29, 0.717) is 6.54 Å². The smallest absolute Gasteiger partial charge is 0.191 e. The number of ether oxygens (including phenoxy) is 2. The first-order valence-corrected chi connectivity index (χ1v) is 11.6. The van der Waals surface area contributed by atoms with E-state index in [9.17, 15) is 4.39 Å². The Bertz CT molecular complexity index is 664. The molecule has 3 rings (SSSR count). The van der Waals surface area contributed by atoms with E-state index in [0.717, 1.165) is 57.5 Å². The van der Waals surface area contributed by atoms with E-state index in [2.05, 4.69) is 22.5 Å². The summed E-state index contributed by atoms with van der Waals surface area (Å²) in [6.07, 6.45) is 0.971. The molecule has 2 N–H and O–H groups in total. The van der Waals surface area contributed by atoms with Gasteiger partial charge in [-0.1, -0.05) is 12.1 Å². The zero-order valence-corrected chi connectivity index (χ0v) is 18.3. The van der Waals surface area contributed by atoms with Crippen LogP contribution in [-0.2, 0) is 4.74 Å². The van der Waals surface area contributed by atoms with E-state index >= 15 is 0 Å². The molecule has 2 atom stereocenters. The monoisotopic (exact) mass is 424 g/mol. The number of hydrogen-bond donors (Lipinski definition) is 2. The average Bonchev–Trinajstić information content (AvgIpc) is 3.23. The second-order valence-corrected chi connectivity index (χ2v) is 8.67. The molecular weight excluding hydrogens is 391 g/mol. The summed E-state index contributed by atoms with van der Waals surface area (Å²) in [5, 5.41) is 6.66. The zero-order chi connectivity index (χ0) is 20.5. The van der Waals surface area contributed by atoms with Gasteiger partial charge in [0.05, 0.1) is 31.8 Å². The van der Waals surface area contributed by atoms with Crippen LogP contribution in [0.25, 0.3) is 0 Å². The van der Waals surface area contributed by atoms with Gasteiger partial charge in [-0.15, -0.1) is 0 Å². The van der Waals surface area contributed by atoms with Crippen LogP contribution in [0.1, 0.15) is 20.3 Å². The van der Waals surface area contributed by atoms with E-state index in [4.69, 9.17) is 14.5 Å². The van der Waals surface area contributed by atoms with Crippen molar-refractivity contribution in [1.82, 2.24) is 15.5 Å². The summed E-state index contributed by atoms with van der Waals surface area (Å²) in [6.45, 7) is 9.64. The molecule has 0 saturated carbocycles. The first-order chi connectivity index (χ1) is 14.1. The Morgan fingerprint density at radius 2 is 2.14 bits per heavy atom. The molecule has 1 aromatic carbocycles. The number of nitrogens with one attached hydrogen (secondary N) is 2. The SMILES string of the molecule is CCNC(=NCC1(N2CCOCC2)CCSC1)NCC(C)Oc1ccccc1F. The van der Waals surface area contributed by atoms with Crippen LogP contribution < -0.4 is 15.4 Å². The lowest BCUT2D eigenvalue weighted by Crippen LogP contribution is -2.56. The number of aliphatic imine (C=N–C) groups is 1. The third-order valence-corrected chi connectivity index (χ3v) is 6.60. The molecule has 1 aromatic rings. The van der Waals surface area contributed by atoms with Crippen molar-refractivity contribution in [2.45, 2.75) is 31.9 Å². The largest absolute Gasteiger partial charge is 0.486 e. The van der Waals surface area contributed by atoms with Crippen LogP contribution in [0.2, 0.25) is 0 Å². The third kappa shape index (κ3) is 6.23. The molecular formula is C21H33FN4O2S. The number of benzene rings is 1. The Hall–Kier alpha value is -1.51. The van der Waals surface area contributed by atoms with Gasteiger partial charge in [0, 0.05) is 25.4 Å². The minimum absolute atomic E-state index is 0.117. The van der Waals surface area contributed by atoms with Crippen LogP contribution in [0.15, 0.2) is 29.3 Å². The summed E-state index contributed by atoms with van der Waals surface area (Å²) in [4.78, 5) is 7.47. The molecule has 0 spiro atoms. The van der Waals surface area contributed by atoms with Crippen molar-refractivity contribution in [3.05, 3.63) is 30.1 Å². The van der Waals surface area contributed by atoms with Crippen LogP contribution in [0.5, 0.6) is 5.75 Å². The van der Waals surface area contributed by atoms with Gasteiger partial charge in [0.25, 0.3) is 0 Å². The van der Waals surface area contributed by atoms with E-state index in [1.165, 1.54) is 11.8 Å². The summed E-state index contributed by atoms with van der Waals surface area (Å²) in [5.41, 5.74) is 0.117. The van der Waals surface area contributed by atoms with Crippen LogP contribution >= 0.6 is 11.8 Å². The molecule has 2 aliphatic heterocycles. The Morgan fingerprint density at radius 1 is 1.34 bits per heavy atom. The molecule has 0 amide bonds. The number of hydrogen-bond acceptors (Lipinski definition) is 5. The van der Waals surface area contributed by atoms with Crippen molar-refractivity contribution in [2.75, 3.05) is 57.4 Å². The maximum Gasteiger partial charge on any atom is 0.191 e. The maximum atomic E-state index is 13.8. The van der Waals surface area contributed by atoms with Gasteiger partial charge in [0.2, 0.25) is 0 Å². The Kier molecular flexibility index (Phi) is 8.44. The number of rotatable bonds is 8. The van der Waals surface area contributed by atoms with E-state index in [-0.39, 0.29) is 23.2 Å². The second-order valence-electron chi connectivity index (χ2n) is 7.56. The van der Waals surface area contributed by atoms with Crippen molar-refractivity contribution in [1.29, 1.82) is 0 Å². The van der Waals surface area contributed by atoms with Crippen molar-refractivity contribution in [3.63, 3.8) is 0 Å². The summed E-state index contributed by atoms with van der Waals surface area (Å²) < 4.78 is 25.0. The van der Waals surface area contributed by atoms with E-state index in [1.807, 2.05) is 18.7 Å². The van der Waals surface area contributed by atoms with Crippen LogP contribution in [0.4, 0.5) is 4.39 Å². The molecule has 2 aliphatic rings. The highest BCUT2D eigenvalue weighted by Gasteiger charge is 2.40. The van der Waals surface area contributed by atoms with Crippen molar-refractivity contribution >= 4 is 17.7 Å². The zero-order valence-electron chi connectivity index (χ0n) is 17.5. The lowest BCUT2D eigenvalue weighted by atomic mass is 9.96. The number of para-hydroxylation sites is 1. The van der Waals surface area contributed by atoms with Gasteiger partial charge in [-0.3, -0.25) is 9.89 Å². The maximum absolute atomic E-state index is 13.8. The molecule has 0 bridgehead atoms. The Morgan fingerprint density at radius 3 is 2.83 bits per heavy atom. The molecule has 29 heavy (non-hydrogen) atoms. The number of morpholine rings is 1. The van der Waals surface area contributed by atoms with Crippen molar-refractivity contribution < 1.29 is 13.9 Å². The number of nitrogens with zero attached hydrogens (tertiary/aromatic N) is 2. The fourth-order valence-corrected chi connectivity index (χ4v) is 5.18. The minimum atomic E-state index is -0.342. The topological polar surface area (TPSA) is 58.1 Å².